The molecule has 0 aliphatic carbocycles. The Morgan fingerprint density at radius 3 is 2.79 bits per heavy atom. The van der Waals surface area contributed by atoms with Gasteiger partial charge in [0.25, 0.3) is 5.91 Å². The molecule has 2 heterocycles. The first-order chi connectivity index (χ1) is 8.52. The topological polar surface area (TPSA) is 59.5 Å². The van der Waals surface area contributed by atoms with Crippen molar-refractivity contribution in [3.63, 3.8) is 0 Å². The summed E-state index contributed by atoms with van der Waals surface area (Å²) in [6.45, 7) is 6.54. The number of nitrogens with two attached hydrogens (primary N) is 1. The maximum atomic E-state index is 12.3. The number of carbonyl (C=O) groups excluding carboxylic acids is 1. The van der Waals surface area contributed by atoms with Crippen LogP contribution in [0.4, 0.5) is 0 Å². The van der Waals surface area contributed by atoms with Gasteiger partial charge in [0.05, 0.1) is 12.1 Å². The Morgan fingerprint density at radius 2 is 2.16 bits per heavy atom. The van der Waals surface area contributed by atoms with Gasteiger partial charge in [-0.05, 0) is 30.7 Å². The summed E-state index contributed by atoms with van der Waals surface area (Å²) in [7, 11) is 0. The Labute approximate surface area is 120 Å². The lowest BCUT2D eigenvalue weighted by atomic mass is 9.85. The van der Waals surface area contributed by atoms with E-state index >= 15 is 0 Å². The van der Waals surface area contributed by atoms with E-state index in [9.17, 15) is 4.79 Å². The van der Waals surface area contributed by atoms with Gasteiger partial charge in [-0.1, -0.05) is 13.8 Å². The SMILES string of the molecule is CC1(C)CCCN(C(=O)c2coc(CN)c2)CC1.Cl. The van der Waals surface area contributed by atoms with E-state index in [1.807, 2.05) is 4.90 Å². The summed E-state index contributed by atoms with van der Waals surface area (Å²) in [5.74, 6) is 0.727. The zero-order chi connectivity index (χ0) is 13.2. The monoisotopic (exact) mass is 286 g/mol. The number of furan rings is 1. The van der Waals surface area contributed by atoms with Gasteiger partial charge in [0, 0.05) is 13.1 Å². The Morgan fingerprint density at radius 1 is 1.42 bits per heavy atom. The average Bonchev–Trinajstić information content (AvgIpc) is 2.74. The van der Waals surface area contributed by atoms with Crippen LogP contribution in [0, 0.1) is 5.41 Å². The molecule has 1 aliphatic rings. The molecule has 2 N–H and O–H groups in total. The molecule has 1 aromatic rings. The van der Waals surface area contributed by atoms with Gasteiger partial charge in [-0.2, -0.15) is 0 Å². The Kier molecular flexibility index (Phi) is 5.44. The van der Waals surface area contributed by atoms with Gasteiger partial charge >= 0.3 is 0 Å². The molecule has 1 aliphatic heterocycles. The maximum absolute atomic E-state index is 12.3. The minimum atomic E-state index is 0. The van der Waals surface area contributed by atoms with Crippen molar-refractivity contribution in [3.8, 4) is 0 Å². The van der Waals surface area contributed by atoms with E-state index in [0.29, 0.717) is 23.3 Å². The summed E-state index contributed by atoms with van der Waals surface area (Å²) in [4.78, 5) is 14.2. The quantitative estimate of drug-likeness (QED) is 0.909. The van der Waals surface area contributed by atoms with E-state index in [0.717, 1.165) is 25.9 Å². The van der Waals surface area contributed by atoms with Crippen molar-refractivity contribution in [3.05, 3.63) is 23.7 Å². The highest BCUT2D eigenvalue weighted by Gasteiger charge is 2.26. The number of rotatable bonds is 2. The number of amides is 1. The van der Waals surface area contributed by atoms with Gasteiger partial charge < -0.3 is 15.1 Å². The van der Waals surface area contributed by atoms with Gasteiger partial charge in [0.1, 0.15) is 12.0 Å². The Balaban J connectivity index is 0.00000180. The predicted molar refractivity (Wildman–Crippen MR) is 77.4 cm³/mol. The lowest BCUT2D eigenvalue weighted by Crippen LogP contribution is -2.32. The summed E-state index contributed by atoms with van der Waals surface area (Å²) < 4.78 is 5.23. The molecule has 108 valence electrons. The molecule has 0 atom stereocenters. The first kappa shape index (κ1) is 16.1. The molecule has 4 nitrogen and oxygen atoms in total. The third-order valence-corrected chi connectivity index (χ3v) is 3.73. The molecule has 0 spiro atoms. The van der Waals surface area contributed by atoms with Crippen molar-refractivity contribution in [2.24, 2.45) is 11.1 Å². The molecule has 1 aromatic heterocycles. The van der Waals surface area contributed by atoms with Crippen LogP contribution in [0.3, 0.4) is 0 Å². The first-order valence-electron chi connectivity index (χ1n) is 6.58. The van der Waals surface area contributed by atoms with Crippen LogP contribution in [0.15, 0.2) is 16.7 Å². The third kappa shape index (κ3) is 3.98. The molecule has 0 bridgehead atoms. The molecule has 0 radical (unpaired) electrons. The second-order valence-electron chi connectivity index (χ2n) is 5.82. The fourth-order valence-corrected chi connectivity index (χ4v) is 2.41. The smallest absolute Gasteiger partial charge is 0.257 e. The molecule has 2 rings (SSSR count). The van der Waals surface area contributed by atoms with Crippen molar-refractivity contribution in [1.29, 1.82) is 0 Å². The number of hydrogen-bond donors (Lipinski definition) is 1. The van der Waals surface area contributed by atoms with Crippen molar-refractivity contribution >= 4 is 18.3 Å². The van der Waals surface area contributed by atoms with Gasteiger partial charge in [-0.25, -0.2) is 0 Å². The molecule has 0 saturated carbocycles. The standard InChI is InChI=1S/C14H22N2O2.ClH/c1-14(2)4-3-6-16(7-5-14)13(17)11-8-12(9-15)18-10-11;/h8,10H,3-7,9,15H2,1-2H3;1H. The summed E-state index contributed by atoms with van der Waals surface area (Å²) in [5.41, 5.74) is 6.45. The fraction of sp³-hybridized carbons (Fsp3) is 0.643. The van der Waals surface area contributed by atoms with E-state index in [2.05, 4.69) is 13.8 Å². The van der Waals surface area contributed by atoms with Crippen molar-refractivity contribution in [1.82, 2.24) is 4.90 Å². The molecule has 0 aromatic carbocycles. The van der Waals surface area contributed by atoms with Crippen LogP contribution in [-0.4, -0.2) is 23.9 Å². The number of nitrogens with zero attached hydrogens (tertiary/aromatic N) is 1. The van der Waals surface area contributed by atoms with Crippen molar-refractivity contribution < 1.29 is 9.21 Å². The second-order valence-corrected chi connectivity index (χ2v) is 5.82. The predicted octanol–water partition coefficient (Wildman–Crippen LogP) is 2.81. The second kappa shape index (κ2) is 6.44. The van der Waals surface area contributed by atoms with Crippen molar-refractivity contribution in [2.75, 3.05) is 13.1 Å². The fourth-order valence-electron chi connectivity index (χ4n) is 2.41. The highest BCUT2D eigenvalue weighted by molar-refractivity contribution is 5.94. The maximum Gasteiger partial charge on any atom is 0.257 e. The zero-order valence-electron chi connectivity index (χ0n) is 11.6. The molecule has 0 unspecified atom stereocenters. The van der Waals surface area contributed by atoms with Crippen LogP contribution in [0.1, 0.15) is 49.2 Å². The van der Waals surface area contributed by atoms with Gasteiger partial charge in [-0.3, -0.25) is 4.79 Å². The first-order valence-corrected chi connectivity index (χ1v) is 6.58. The van der Waals surface area contributed by atoms with E-state index in [1.54, 1.807) is 6.07 Å². The zero-order valence-corrected chi connectivity index (χ0v) is 12.5. The molecule has 1 saturated heterocycles. The minimum absolute atomic E-state index is 0. The normalized spacial score (nSPS) is 18.6. The third-order valence-electron chi connectivity index (χ3n) is 3.73. The average molecular weight is 287 g/mol. The van der Waals surface area contributed by atoms with Gasteiger partial charge in [0.15, 0.2) is 0 Å². The summed E-state index contributed by atoms with van der Waals surface area (Å²) in [5, 5.41) is 0. The lowest BCUT2D eigenvalue weighted by Gasteiger charge is -2.23. The minimum Gasteiger partial charge on any atom is -0.467 e. The lowest BCUT2D eigenvalue weighted by molar-refractivity contribution is 0.0756. The van der Waals surface area contributed by atoms with Gasteiger partial charge in [-0.15, -0.1) is 12.4 Å². The van der Waals surface area contributed by atoms with Crippen LogP contribution in [-0.2, 0) is 6.54 Å². The Bertz CT molecular complexity index is 429. The van der Waals surface area contributed by atoms with Crippen LogP contribution >= 0.6 is 12.4 Å². The summed E-state index contributed by atoms with van der Waals surface area (Å²) in [6, 6.07) is 1.75. The molecule has 5 heteroatoms. The number of carbonyl (C=O) groups is 1. The van der Waals surface area contributed by atoms with E-state index in [1.165, 1.54) is 12.7 Å². The molecular weight excluding hydrogens is 264 g/mol. The highest BCUT2D eigenvalue weighted by Crippen LogP contribution is 2.30. The van der Waals surface area contributed by atoms with Gasteiger partial charge in [0.2, 0.25) is 0 Å². The summed E-state index contributed by atoms with van der Waals surface area (Å²) in [6.07, 6.45) is 4.82. The van der Waals surface area contributed by atoms with E-state index < -0.39 is 0 Å². The number of likely N-dealkylation sites (tertiary alicyclic amines) is 1. The molecule has 1 fully saturated rings. The molecule has 19 heavy (non-hydrogen) atoms. The van der Waals surface area contributed by atoms with E-state index in [-0.39, 0.29) is 18.3 Å². The van der Waals surface area contributed by atoms with E-state index in [4.69, 9.17) is 10.2 Å². The van der Waals surface area contributed by atoms with Crippen LogP contribution in [0.2, 0.25) is 0 Å². The van der Waals surface area contributed by atoms with Crippen LogP contribution in [0.25, 0.3) is 0 Å². The van der Waals surface area contributed by atoms with Crippen LogP contribution in [0.5, 0.6) is 0 Å². The highest BCUT2D eigenvalue weighted by atomic mass is 35.5. The largest absolute Gasteiger partial charge is 0.467 e. The number of hydrogen-bond acceptors (Lipinski definition) is 3. The Hall–Kier alpha value is -1.00. The van der Waals surface area contributed by atoms with Crippen molar-refractivity contribution in [2.45, 2.75) is 39.7 Å². The molecule has 1 amide bonds. The summed E-state index contributed by atoms with van der Waals surface area (Å²) >= 11 is 0. The van der Waals surface area contributed by atoms with Crippen LogP contribution < -0.4 is 5.73 Å². The molecular formula is C14H23ClN2O2. The number of halogens is 1.